The lowest BCUT2D eigenvalue weighted by atomic mass is 10.1. The van der Waals surface area contributed by atoms with Gasteiger partial charge < -0.3 is 15.7 Å². The third-order valence-electron chi connectivity index (χ3n) is 2.94. The van der Waals surface area contributed by atoms with Crippen LogP contribution in [0.25, 0.3) is 0 Å². The van der Waals surface area contributed by atoms with Gasteiger partial charge in [-0.2, -0.15) is 0 Å². The summed E-state index contributed by atoms with van der Waals surface area (Å²) in [4.78, 5) is 13.0. The molecule has 1 aromatic heterocycles. The highest BCUT2D eigenvalue weighted by Gasteiger charge is 2.10. The van der Waals surface area contributed by atoms with E-state index in [-0.39, 0.29) is 12.1 Å². The molecular weight excluding hydrogens is 272 g/mol. The number of thiophene rings is 1. The minimum Gasteiger partial charge on any atom is -0.389 e. The van der Waals surface area contributed by atoms with Crippen molar-refractivity contribution in [2.45, 2.75) is 26.0 Å². The van der Waals surface area contributed by atoms with Gasteiger partial charge in [0.15, 0.2) is 0 Å². The quantitative estimate of drug-likeness (QED) is 0.804. The monoisotopic (exact) mass is 290 g/mol. The predicted octanol–water partition coefficient (Wildman–Crippen LogP) is 3.68. The molecule has 0 aliphatic carbocycles. The van der Waals surface area contributed by atoms with Gasteiger partial charge in [-0.25, -0.2) is 4.79 Å². The van der Waals surface area contributed by atoms with E-state index in [1.54, 1.807) is 36.5 Å². The molecule has 2 unspecified atom stereocenters. The lowest BCUT2D eigenvalue weighted by Gasteiger charge is -2.14. The third kappa shape index (κ3) is 3.82. The van der Waals surface area contributed by atoms with E-state index in [2.05, 4.69) is 10.6 Å². The van der Waals surface area contributed by atoms with Gasteiger partial charge in [0, 0.05) is 10.6 Å². The minimum atomic E-state index is -0.551. The highest BCUT2D eigenvalue weighted by atomic mass is 32.1. The zero-order valence-electron chi connectivity index (χ0n) is 11.5. The fourth-order valence-electron chi connectivity index (χ4n) is 1.85. The number of rotatable bonds is 4. The summed E-state index contributed by atoms with van der Waals surface area (Å²) in [7, 11) is 0. The Bertz CT molecular complexity index is 567. The summed E-state index contributed by atoms with van der Waals surface area (Å²) in [5, 5.41) is 17.2. The molecule has 0 saturated carbocycles. The Morgan fingerprint density at radius 1 is 1.25 bits per heavy atom. The van der Waals surface area contributed by atoms with Crippen LogP contribution in [0.3, 0.4) is 0 Å². The first-order valence-corrected chi connectivity index (χ1v) is 7.33. The Balaban J connectivity index is 1.96. The third-order valence-corrected chi connectivity index (χ3v) is 4.00. The van der Waals surface area contributed by atoms with Crippen LogP contribution in [0.2, 0.25) is 0 Å². The summed E-state index contributed by atoms with van der Waals surface area (Å²) < 4.78 is 0. The van der Waals surface area contributed by atoms with Crippen molar-refractivity contribution in [2.75, 3.05) is 5.32 Å². The second-order valence-electron chi connectivity index (χ2n) is 4.64. The largest absolute Gasteiger partial charge is 0.389 e. The molecule has 4 nitrogen and oxygen atoms in total. The van der Waals surface area contributed by atoms with E-state index in [1.165, 1.54) is 0 Å². The number of anilines is 1. The van der Waals surface area contributed by atoms with Crippen molar-refractivity contribution in [3.05, 3.63) is 52.2 Å². The van der Waals surface area contributed by atoms with E-state index in [0.29, 0.717) is 5.69 Å². The molecule has 0 bridgehead atoms. The molecule has 0 aliphatic heterocycles. The molecule has 3 N–H and O–H groups in total. The molecule has 2 aromatic rings. The highest BCUT2D eigenvalue weighted by molar-refractivity contribution is 7.10. The van der Waals surface area contributed by atoms with Gasteiger partial charge in [0.1, 0.15) is 0 Å². The van der Waals surface area contributed by atoms with Crippen LogP contribution in [0.4, 0.5) is 10.5 Å². The van der Waals surface area contributed by atoms with E-state index < -0.39 is 6.10 Å². The summed E-state index contributed by atoms with van der Waals surface area (Å²) in [6, 6.07) is 10.8. The zero-order valence-corrected chi connectivity index (χ0v) is 12.3. The lowest BCUT2D eigenvalue weighted by molar-refractivity contribution is 0.199. The standard InChI is InChI=1S/C15H18N2O2S/c1-10(14-7-4-8-20-14)16-15(19)17-13-6-3-5-12(9-13)11(2)18/h3-11,18H,1-2H3,(H2,16,17,19). The number of aliphatic hydroxyl groups is 1. The number of amides is 2. The lowest BCUT2D eigenvalue weighted by Crippen LogP contribution is -2.30. The maximum Gasteiger partial charge on any atom is 0.319 e. The molecule has 2 rings (SSSR count). The number of carbonyl (C=O) groups is 1. The van der Waals surface area contributed by atoms with Crippen molar-refractivity contribution < 1.29 is 9.90 Å². The van der Waals surface area contributed by atoms with Crippen molar-refractivity contribution in [1.82, 2.24) is 5.32 Å². The van der Waals surface area contributed by atoms with Gasteiger partial charge in [-0.1, -0.05) is 18.2 Å². The number of nitrogens with one attached hydrogen (secondary N) is 2. The molecule has 1 heterocycles. The molecule has 5 heteroatoms. The Morgan fingerprint density at radius 2 is 2.05 bits per heavy atom. The van der Waals surface area contributed by atoms with Crippen molar-refractivity contribution in [1.29, 1.82) is 0 Å². The van der Waals surface area contributed by atoms with Crippen molar-refractivity contribution in [2.24, 2.45) is 0 Å². The minimum absolute atomic E-state index is 0.0325. The maximum absolute atomic E-state index is 11.9. The van der Waals surface area contributed by atoms with Crippen molar-refractivity contribution in [3.8, 4) is 0 Å². The van der Waals surface area contributed by atoms with E-state index in [4.69, 9.17) is 0 Å². The SMILES string of the molecule is CC(O)c1cccc(NC(=O)NC(C)c2cccs2)c1. The van der Waals surface area contributed by atoms with Gasteiger partial charge in [-0.3, -0.25) is 0 Å². The van der Waals surface area contributed by atoms with Gasteiger partial charge >= 0.3 is 6.03 Å². The average Bonchev–Trinajstić information content (AvgIpc) is 2.92. The summed E-state index contributed by atoms with van der Waals surface area (Å²) >= 11 is 1.61. The molecule has 0 aliphatic rings. The van der Waals surface area contributed by atoms with Crippen molar-refractivity contribution in [3.63, 3.8) is 0 Å². The molecule has 2 atom stereocenters. The summed E-state index contributed by atoms with van der Waals surface area (Å²) in [5.41, 5.74) is 1.44. The zero-order chi connectivity index (χ0) is 14.5. The van der Waals surface area contributed by atoms with Crippen LogP contribution in [0, 0.1) is 0 Å². The molecular formula is C15H18N2O2S. The van der Waals surface area contributed by atoms with Crippen molar-refractivity contribution >= 4 is 23.1 Å². The molecule has 1 aromatic carbocycles. The number of hydrogen-bond acceptors (Lipinski definition) is 3. The first-order valence-electron chi connectivity index (χ1n) is 6.45. The van der Waals surface area contributed by atoms with Crippen LogP contribution >= 0.6 is 11.3 Å². The van der Waals surface area contributed by atoms with E-state index in [0.717, 1.165) is 10.4 Å². The van der Waals surface area contributed by atoms with Gasteiger partial charge in [0.25, 0.3) is 0 Å². The molecule has 106 valence electrons. The van der Waals surface area contributed by atoms with Gasteiger partial charge in [-0.15, -0.1) is 11.3 Å². The van der Waals surface area contributed by atoms with Crippen LogP contribution in [-0.2, 0) is 0 Å². The molecule has 20 heavy (non-hydrogen) atoms. The molecule has 0 spiro atoms. The summed E-state index contributed by atoms with van der Waals surface area (Å²) in [6.45, 7) is 3.63. The molecule has 2 amide bonds. The number of aliphatic hydroxyl groups excluding tert-OH is 1. The number of urea groups is 1. The topological polar surface area (TPSA) is 61.4 Å². The smallest absolute Gasteiger partial charge is 0.319 e. The average molecular weight is 290 g/mol. The Hall–Kier alpha value is -1.85. The van der Waals surface area contributed by atoms with E-state index in [1.807, 2.05) is 30.5 Å². The first-order chi connectivity index (χ1) is 9.56. The Morgan fingerprint density at radius 3 is 2.70 bits per heavy atom. The van der Waals surface area contributed by atoms with E-state index >= 15 is 0 Å². The predicted molar refractivity (Wildman–Crippen MR) is 82.0 cm³/mol. The Labute approximate surface area is 122 Å². The molecule has 0 fully saturated rings. The number of carbonyl (C=O) groups excluding carboxylic acids is 1. The second-order valence-corrected chi connectivity index (χ2v) is 5.62. The van der Waals surface area contributed by atoms with Crippen LogP contribution in [-0.4, -0.2) is 11.1 Å². The second kappa shape index (κ2) is 6.54. The van der Waals surface area contributed by atoms with Crippen LogP contribution in [0.1, 0.15) is 36.4 Å². The van der Waals surface area contributed by atoms with Crippen LogP contribution in [0.15, 0.2) is 41.8 Å². The Kier molecular flexibility index (Phi) is 4.76. The summed E-state index contributed by atoms with van der Waals surface area (Å²) in [5.74, 6) is 0. The number of hydrogen-bond donors (Lipinski definition) is 3. The van der Waals surface area contributed by atoms with Crippen LogP contribution < -0.4 is 10.6 Å². The highest BCUT2D eigenvalue weighted by Crippen LogP contribution is 2.19. The fourth-order valence-corrected chi connectivity index (χ4v) is 2.58. The first kappa shape index (κ1) is 14.6. The van der Waals surface area contributed by atoms with Crippen LogP contribution in [0.5, 0.6) is 0 Å². The summed E-state index contributed by atoms with van der Waals surface area (Å²) in [6.07, 6.45) is -0.551. The van der Waals surface area contributed by atoms with Gasteiger partial charge in [0.05, 0.1) is 12.1 Å². The maximum atomic E-state index is 11.9. The molecule has 0 saturated heterocycles. The van der Waals surface area contributed by atoms with E-state index in [9.17, 15) is 9.90 Å². The van der Waals surface area contributed by atoms with Gasteiger partial charge in [-0.05, 0) is 43.0 Å². The fraction of sp³-hybridized carbons (Fsp3) is 0.267. The number of benzene rings is 1. The molecule has 0 radical (unpaired) electrons. The van der Waals surface area contributed by atoms with Gasteiger partial charge in [0.2, 0.25) is 0 Å². The normalized spacial score (nSPS) is 13.6.